The highest BCUT2D eigenvalue weighted by atomic mass is 35.5. The first-order valence-corrected chi connectivity index (χ1v) is 6.65. The van der Waals surface area contributed by atoms with Crippen molar-refractivity contribution in [2.75, 3.05) is 0 Å². The molecule has 1 atom stereocenters. The van der Waals surface area contributed by atoms with E-state index in [9.17, 15) is 0 Å². The Kier molecular flexibility index (Phi) is 5.79. The van der Waals surface area contributed by atoms with Crippen LogP contribution in [0.4, 0.5) is 0 Å². The van der Waals surface area contributed by atoms with Crippen molar-refractivity contribution in [3.8, 4) is 5.75 Å². The fraction of sp³-hybridized carbons (Fsp3) is 0.571. The quantitative estimate of drug-likeness (QED) is 0.839. The van der Waals surface area contributed by atoms with Crippen molar-refractivity contribution in [3.05, 3.63) is 28.8 Å². The summed E-state index contributed by atoms with van der Waals surface area (Å²) in [7, 11) is 0. The van der Waals surface area contributed by atoms with Gasteiger partial charge in [-0.05, 0) is 38.3 Å². The van der Waals surface area contributed by atoms with Gasteiger partial charge in [0.2, 0.25) is 0 Å². The second-order valence-electron chi connectivity index (χ2n) is 4.45. The van der Waals surface area contributed by atoms with Gasteiger partial charge in [0.15, 0.2) is 0 Å². The topological polar surface area (TPSA) is 35.2 Å². The minimum Gasteiger partial charge on any atom is -0.490 e. The molecule has 0 saturated carbocycles. The number of rotatable bonds is 6. The SMILES string of the molecule is CCC(CC)Oc1cccc(Cl)c1CC(C)N. The van der Waals surface area contributed by atoms with E-state index in [0.717, 1.165) is 35.6 Å². The molecular formula is C14H22ClNO. The molecule has 0 aliphatic heterocycles. The van der Waals surface area contributed by atoms with Gasteiger partial charge >= 0.3 is 0 Å². The maximum atomic E-state index is 6.21. The Morgan fingerprint density at radius 3 is 2.47 bits per heavy atom. The van der Waals surface area contributed by atoms with Crippen LogP contribution in [-0.4, -0.2) is 12.1 Å². The van der Waals surface area contributed by atoms with Gasteiger partial charge in [0.1, 0.15) is 5.75 Å². The molecule has 1 unspecified atom stereocenters. The monoisotopic (exact) mass is 255 g/mol. The molecule has 2 N–H and O–H groups in total. The number of benzene rings is 1. The van der Waals surface area contributed by atoms with Gasteiger partial charge < -0.3 is 10.5 Å². The van der Waals surface area contributed by atoms with E-state index in [1.807, 2.05) is 25.1 Å². The number of halogens is 1. The smallest absolute Gasteiger partial charge is 0.124 e. The maximum Gasteiger partial charge on any atom is 0.124 e. The van der Waals surface area contributed by atoms with Crippen LogP contribution in [0.3, 0.4) is 0 Å². The van der Waals surface area contributed by atoms with Gasteiger partial charge in [-0.3, -0.25) is 0 Å². The molecule has 0 amide bonds. The molecule has 0 spiro atoms. The normalized spacial score (nSPS) is 12.8. The molecular weight excluding hydrogens is 234 g/mol. The number of nitrogens with two attached hydrogens (primary N) is 1. The summed E-state index contributed by atoms with van der Waals surface area (Å²) in [6.07, 6.45) is 3.00. The zero-order valence-electron chi connectivity index (χ0n) is 10.9. The summed E-state index contributed by atoms with van der Waals surface area (Å²) < 4.78 is 5.99. The predicted molar refractivity (Wildman–Crippen MR) is 73.8 cm³/mol. The summed E-state index contributed by atoms with van der Waals surface area (Å²) in [6, 6.07) is 5.87. The second kappa shape index (κ2) is 6.87. The van der Waals surface area contributed by atoms with Gasteiger partial charge in [0, 0.05) is 16.6 Å². The first-order chi connectivity index (χ1) is 8.08. The molecule has 1 aromatic rings. The summed E-state index contributed by atoms with van der Waals surface area (Å²) in [5.41, 5.74) is 6.87. The second-order valence-corrected chi connectivity index (χ2v) is 4.86. The molecule has 0 heterocycles. The molecule has 17 heavy (non-hydrogen) atoms. The highest BCUT2D eigenvalue weighted by molar-refractivity contribution is 6.31. The highest BCUT2D eigenvalue weighted by Gasteiger charge is 2.13. The van der Waals surface area contributed by atoms with E-state index >= 15 is 0 Å². The molecule has 0 bridgehead atoms. The third-order valence-corrected chi connectivity index (χ3v) is 3.16. The molecule has 96 valence electrons. The van der Waals surface area contributed by atoms with Crippen LogP contribution in [0.5, 0.6) is 5.75 Å². The summed E-state index contributed by atoms with van der Waals surface area (Å²) >= 11 is 6.21. The van der Waals surface area contributed by atoms with Crippen molar-refractivity contribution >= 4 is 11.6 Å². The first kappa shape index (κ1) is 14.3. The van der Waals surface area contributed by atoms with E-state index in [0.29, 0.717) is 0 Å². The lowest BCUT2D eigenvalue weighted by atomic mass is 10.1. The van der Waals surface area contributed by atoms with Crippen LogP contribution in [0.15, 0.2) is 18.2 Å². The zero-order valence-corrected chi connectivity index (χ0v) is 11.6. The molecule has 0 saturated heterocycles. The fourth-order valence-electron chi connectivity index (χ4n) is 1.80. The Morgan fingerprint density at radius 2 is 1.94 bits per heavy atom. The zero-order chi connectivity index (χ0) is 12.8. The van der Waals surface area contributed by atoms with Crippen molar-refractivity contribution in [3.63, 3.8) is 0 Å². The molecule has 0 radical (unpaired) electrons. The van der Waals surface area contributed by atoms with E-state index in [1.165, 1.54) is 0 Å². The largest absolute Gasteiger partial charge is 0.490 e. The summed E-state index contributed by atoms with van der Waals surface area (Å²) in [5, 5.41) is 0.741. The Balaban J connectivity index is 2.93. The molecule has 3 heteroatoms. The number of hydrogen-bond donors (Lipinski definition) is 1. The van der Waals surface area contributed by atoms with E-state index in [-0.39, 0.29) is 12.1 Å². The van der Waals surface area contributed by atoms with E-state index in [1.54, 1.807) is 0 Å². The highest BCUT2D eigenvalue weighted by Crippen LogP contribution is 2.29. The minimum atomic E-state index is 0.0824. The standard InChI is InChI=1S/C14H22ClNO/c1-4-11(5-2)17-14-8-6-7-13(15)12(14)9-10(3)16/h6-8,10-11H,4-5,9,16H2,1-3H3. The average molecular weight is 256 g/mol. The lowest BCUT2D eigenvalue weighted by Crippen LogP contribution is -2.20. The van der Waals surface area contributed by atoms with Crippen LogP contribution in [0, 0.1) is 0 Å². The van der Waals surface area contributed by atoms with E-state index < -0.39 is 0 Å². The first-order valence-electron chi connectivity index (χ1n) is 6.28. The Morgan fingerprint density at radius 1 is 1.29 bits per heavy atom. The molecule has 0 aliphatic rings. The summed E-state index contributed by atoms with van der Waals surface area (Å²) in [5.74, 6) is 0.878. The molecule has 0 aliphatic carbocycles. The number of hydrogen-bond acceptors (Lipinski definition) is 2. The van der Waals surface area contributed by atoms with Crippen molar-refractivity contribution in [2.45, 2.75) is 52.2 Å². The minimum absolute atomic E-state index is 0.0824. The van der Waals surface area contributed by atoms with Crippen LogP contribution in [0.1, 0.15) is 39.2 Å². The molecule has 0 fully saturated rings. The predicted octanol–water partition coefficient (Wildman–Crippen LogP) is 3.80. The molecule has 2 nitrogen and oxygen atoms in total. The van der Waals surface area contributed by atoms with Crippen molar-refractivity contribution in [1.82, 2.24) is 0 Å². The van der Waals surface area contributed by atoms with Crippen molar-refractivity contribution in [2.24, 2.45) is 5.73 Å². The average Bonchev–Trinajstić information content (AvgIpc) is 2.29. The van der Waals surface area contributed by atoms with Crippen molar-refractivity contribution in [1.29, 1.82) is 0 Å². The van der Waals surface area contributed by atoms with E-state index in [2.05, 4.69) is 13.8 Å². The van der Waals surface area contributed by atoms with E-state index in [4.69, 9.17) is 22.1 Å². The van der Waals surface area contributed by atoms with Crippen LogP contribution in [0.25, 0.3) is 0 Å². The Hall–Kier alpha value is -0.730. The van der Waals surface area contributed by atoms with Gasteiger partial charge in [-0.15, -0.1) is 0 Å². The fourth-order valence-corrected chi connectivity index (χ4v) is 2.05. The van der Waals surface area contributed by atoms with Gasteiger partial charge in [-0.1, -0.05) is 31.5 Å². The Bertz CT molecular complexity index is 348. The van der Waals surface area contributed by atoms with Gasteiger partial charge in [-0.25, -0.2) is 0 Å². The molecule has 1 rings (SSSR count). The lowest BCUT2D eigenvalue weighted by Gasteiger charge is -2.20. The lowest BCUT2D eigenvalue weighted by molar-refractivity contribution is 0.191. The molecule has 0 aromatic heterocycles. The van der Waals surface area contributed by atoms with Gasteiger partial charge in [0.05, 0.1) is 6.10 Å². The van der Waals surface area contributed by atoms with Crippen LogP contribution in [0.2, 0.25) is 5.02 Å². The van der Waals surface area contributed by atoms with Gasteiger partial charge in [0.25, 0.3) is 0 Å². The third kappa shape index (κ3) is 4.21. The van der Waals surface area contributed by atoms with Gasteiger partial charge in [-0.2, -0.15) is 0 Å². The molecule has 1 aromatic carbocycles. The third-order valence-electron chi connectivity index (χ3n) is 2.81. The van der Waals surface area contributed by atoms with Crippen LogP contribution in [-0.2, 0) is 6.42 Å². The van der Waals surface area contributed by atoms with Crippen LogP contribution < -0.4 is 10.5 Å². The van der Waals surface area contributed by atoms with Crippen molar-refractivity contribution < 1.29 is 4.74 Å². The summed E-state index contributed by atoms with van der Waals surface area (Å²) in [6.45, 7) is 6.23. The maximum absolute atomic E-state index is 6.21. The Labute approximate surface area is 109 Å². The summed E-state index contributed by atoms with van der Waals surface area (Å²) in [4.78, 5) is 0. The number of ether oxygens (including phenoxy) is 1. The van der Waals surface area contributed by atoms with Crippen LogP contribution >= 0.6 is 11.6 Å².